The van der Waals surface area contributed by atoms with Gasteiger partial charge < -0.3 is 11.1 Å². The maximum Gasteiger partial charge on any atom is 0.263 e. The van der Waals surface area contributed by atoms with Crippen molar-refractivity contribution in [3.8, 4) is 0 Å². The van der Waals surface area contributed by atoms with Crippen molar-refractivity contribution in [3.05, 3.63) is 40.8 Å². The van der Waals surface area contributed by atoms with Crippen molar-refractivity contribution in [2.45, 2.75) is 19.9 Å². The average Bonchev–Trinajstić information content (AvgIpc) is 2.40. The van der Waals surface area contributed by atoms with E-state index in [1.807, 2.05) is 19.1 Å². The SMILES string of the molecule is C=C(N)c1c(NC)c2cccnc2n(CCC)c1=O. The van der Waals surface area contributed by atoms with Crippen molar-refractivity contribution < 1.29 is 0 Å². The van der Waals surface area contributed by atoms with Crippen molar-refractivity contribution >= 4 is 22.4 Å². The van der Waals surface area contributed by atoms with E-state index in [-0.39, 0.29) is 11.3 Å². The van der Waals surface area contributed by atoms with Gasteiger partial charge >= 0.3 is 0 Å². The van der Waals surface area contributed by atoms with Gasteiger partial charge in [-0.2, -0.15) is 0 Å². The Morgan fingerprint density at radius 1 is 1.58 bits per heavy atom. The number of nitrogens with one attached hydrogen (secondary N) is 1. The molecule has 0 unspecified atom stereocenters. The number of rotatable bonds is 4. The van der Waals surface area contributed by atoms with Gasteiger partial charge in [-0.25, -0.2) is 4.98 Å². The molecule has 0 aliphatic heterocycles. The molecule has 2 aromatic heterocycles. The second-order valence-corrected chi connectivity index (χ2v) is 4.36. The van der Waals surface area contributed by atoms with E-state index in [0.29, 0.717) is 23.4 Å². The average molecular weight is 258 g/mol. The number of nitrogens with zero attached hydrogens (tertiary/aromatic N) is 2. The molecule has 19 heavy (non-hydrogen) atoms. The van der Waals surface area contributed by atoms with Gasteiger partial charge in [-0.1, -0.05) is 13.5 Å². The number of fused-ring (bicyclic) bond motifs is 1. The lowest BCUT2D eigenvalue weighted by Crippen LogP contribution is -2.27. The molecule has 0 fully saturated rings. The van der Waals surface area contributed by atoms with Crippen LogP contribution in [0.1, 0.15) is 18.9 Å². The number of aryl methyl sites for hydroxylation is 1. The highest BCUT2D eigenvalue weighted by atomic mass is 16.1. The number of pyridine rings is 2. The van der Waals surface area contributed by atoms with Crippen molar-refractivity contribution in [2.75, 3.05) is 12.4 Å². The molecule has 0 saturated heterocycles. The van der Waals surface area contributed by atoms with Gasteiger partial charge in [0.05, 0.1) is 11.3 Å². The Hall–Kier alpha value is -2.30. The molecule has 5 heteroatoms. The number of nitrogens with two attached hydrogens (primary N) is 1. The summed E-state index contributed by atoms with van der Waals surface area (Å²) in [6.07, 6.45) is 2.53. The van der Waals surface area contributed by atoms with E-state index >= 15 is 0 Å². The largest absolute Gasteiger partial charge is 0.398 e. The predicted octanol–water partition coefficient (Wildman–Crippen LogP) is 1.78. The molecule has 2 rings (SSSR count). The fraction of sp³-hybridized carbons (Fsp3) is 0.286. The van der Waals surface area contributed by atoms with Crippen LogP contribution >= 0.6 is 0 Å². The van der Waals surface area contributed by atoms with Gasteiger partial charge in [0.1, 0.15) is 5.65 Å². The second-order valence-electron chi connectivity index (χ2n) is 4.36. The van der Waals surface area contributed by atoms with Crippen LogP contribution in [0.25, 0.3) is 16.7 Å². The van der Waals surface area contributed by atoms with Crippen molar-refractivity contribution in [3.63, 3.8) is 0 Å². The van der Waals surface area contributed by atoms with Crippen molar-refractivity contribution in [1.82, 2.24) is 9.55 Å². The van der Waals surface area contributed by atoms with Crippen LogP contribution in [0.15, 0.2) is 29.7 Å². The molecule has 5 nitrogen and oxygen atoms in total. The molecule has 0 spiro atoms. The van der Waals surface area contributed by atoms with E-state index in [4.69, 9.17) is 5.73 Å². The lowest BCUT2D eigenvalue weighted by atomic mass is 10.1. The molecule has 0 amide bonds. The normalized spacial score (nSPS) is 10.6. The van der Waals surface area contributed by atoms with Gasteiger partial charge in [0.2, 0.25) is 0 Å². The minimum Gasteiger partial charge on any atom is -0.398 e. The minimum absolute atomic E-state index is 0.148. The zero-order valence-electron chi connectivity index (χ0n) is 11.2. The highest BCUT2D eigenvalue weighted by Gasteiger charge is 2.17. The summed E-state index contributed by atoms with van der Waals surface area (Å²) < 4.78 is 1.66. The molecule has 0 aliphatic rings. The van der Waals surface area contributed by atoms with Crippen LogP contribution < -0.4 is 16.6 Å². The highest BCUT2D eigenvalue weighted by molar-refractivity contribution is 5.95. The van der Waals surface area contributed by atoms with Crippen LogP contribution in [-0.4, -0.2) is 16.6 Å². The molecule has 0 aromatic carbocycles. The van der Waals surface area contributed by atoms with E-state index < -0.39 is 0 Å². The van der Waals surface area contributed by atoms with Gasteiger partial charge in [0.15, 0.2) is 0 Å². The summed E-state index contributed by atoms with van der Waals surface area (Å²) in [7, 11) is 1.76. The summed E-state index contributed by atoms with van der Waals surface area (Å²) in [5, 5.41) is 3.91. The predicted molar refractivity (Wildman–Crippen MR) is 79.1 cm³/mol. The van der Waals surface area contributed by atoms with Crippen LogP contribution in [0.4, 0.5) is 5.69 Å². The molecule has 100 valence electrons. The highest BCUT2D eigenvalue weighted by Crippen LogP contribution is 2.25. The number of hydrogen-bond donors (Lipinski definition) is 2. The van der Waals surface area contributed by atoms with E-state index in [1.165, 1.54) is 0 Å². The third-order valence-electron chi connectivity index (χ3n) is 3.04. The molecule has 0 radical (unpaired) electrons. The Labute approximate surface area is 111 Å². The molecule has 0 saturated carbocycles. The van der Waals surface area contributed by atoms with E-state index in [0.717, 1.165) is 11.8 Å². The summed E-state index contributed by atoms with van der Waals surface area (Å²) in [6, 6.07) is 3.76. The Morgan fingerprint density at radius 3 is 2.89 bits per heavy atom. The maximum atomic E-state index is 12.5. The zero-order valence-corrected chi connectivity index (χ0v) is 11.2. The first-order valence-corrected chi connectivity index (χ1v) is 6.25. The van der Waals surface area contributed by atoms with Crippen molar-refractivity contribution in [2.24, 2.45) is 5.73 Å². The molecule has 0 aliphatic carbocycles. The third-order valence-corrected chi connectivity index (χ3v) is 3.04. The topological polar surface area (TPSA) is 72.9 Å². The molecular formula is C14H18N4O. The minimum atomic E-state index is -0.148. The fourth-order valence-electron chi connectivity index (χ4n) is 2.27. The smallest absolute Gasteiger partial charge is 0.263 e. The maximum absolute atomic E-state index is 12.5. The van der Waals surface area contributed by atoms with Crippen LogP contribution in [-0.2, 0) is 6.54 Å². The molecular weight excluding hydrogens is 240 g/mol. The summed E-state index contributed by atoms with van der Waals surface area (Å²) in [4.78, 5) is 16.9. The van der Waals surface area contributed by atoms with E-state index in [9.17, 15) is 4.79 Å². The van der Waals surface area contributed by atoms with Crippen LogP contribution in [0, 0.1) is 0 Å². The molecule has 3 N–H and O–H groups in total. The standard InChI is InChI=1S/C14H18N4O/c1-4-8-18-13-10(6-5-7-17-13)12(16-3)11(9(2)15)14(18)19/h5-7,16H,2,4,8,15H2,1,3H3. The zero-order chi connectivity index (χ0) is 14.0. The fourth-order valence-corrected chi connectivity index (χ4v) is 2.27. The van der Waals surface area contributed by atoms with E-state index in [1.54, 1.807) is 17.8 Å². The summed E-state index contributed by atoms with van der Waals surface area (Å²) in [6.45, 7) is 6.33. The lowest BCUT2D eigenvalue weighted by molar-refractivity contribution is 0.671. The van der Waals surface area contributed by atoms with Crippen LogP contribution in [0.3, 0.4) is 0 Å². The summed E-state index contributed by atoms with van der Waals surface area (Å²) >= 11 is 0. The molecule has 0 atom stereocenters. The third kappa shape index (κ3) is 2.07. The summed E-state index contributed by atoms with van der Waals surface area (Å²) in [5.41, 5.74) is 7.68. The number of anilines is 1. The Bertz CT molecular complexity index is 688. The Morgan fingerprint density at radius 2 is 2.32 bits per heavy atom. The van der Waals surface area contributed by atoms with Gasteiger partial charge in [-0.3, -0.25) is 9.36 Å². The first-order chi connectivity index (χ1) is 9.11. The van der Waals surface area contributed by atoms with Gasteiger partial charge in [-0.15, -0.1) is 0 Å². The van der Waals surface area contributed by atoms with Crippen LogP contribution in [0.2, 0.25) is 0 Å². The van der Waals surface area contributed by atoms with Crippen LogP contribution in [0.5, 0.6) is 0 Å². The van der Waals surface area contributed by atoms with Gasteiger partial charge in [-0.05, 0) is 18.6 Å². The monoisotopic (exact) mass is 258 g/mol. The van der Waals surface area contributed by atoms with Crippen molar-refractivity contribution in [1.29, 1.82) is 0 Å². The van der Waals surface area contributed by atoms with Gasteiger partial charge in [0, 0.05) is 30.9 Å². The molecule has 2 aromatic rings. The summed E-state index contributed by atoms with van der Waals surface area (Å²) in [5.74, 6) is 0. The second kappa shape index (κ2) is 5.14. The Balaban J connectivity index is 2.98. The van der Waals surface area contributed by atoms with Gasteiger partial charge in [0.25, 0.3) is 5.56 Å². The quantitative estimate of drug-likeness (QED) is 0.876. The first-order valence-electron chi connectivity index (χ1n) is 6.25. The number of hydrogen-bond acceptors (Lipinski definition) is 4. The first kappa shape index (κ1) is 13.1. The molecule has 0 bridgehead atoms. The Kier molecular flexibility index (Phi) is 3.55. The van der Waals surface area contributed by atoms with E-state index in [2.05, 4.69) is 16.9 Å². The lowest BCUT2D eigenvalue weighted by Gasteiger charge is -2.16. The number of aromatic nitrogens is 2. The molecule has 2 heterocycles.